The molecule has 178 valence electrons. The molecule has 2 aromatic carbocycles. The number of hydrogen-bond acceptors (Lipinski definition) is 3. The summed E-state index contributed by atoms with van der Waals surface area (Å²) in [6, 6.07) is 21.4. The summed E-state index contributed by atoms with van der Waals surface area (Å²) < 4.78 is 148. The van der Waals surface area contributed by atoms with Gasteiger partial charge in [-0.15, -0.1) is 0 Å². The van der Waals surface area contributed by atoms with E-state index in [4.69, 9.17) is 0 Å². The van der Waals surface area contributed by atoms with E-state index < -0.39 is 45.2 Å². The highest BCUT2D eigenvalue weighted by atomic mass is 127. The van der Waals surface area contributed by atoms with Gasteiger partial charge in [-0.1, -0.05) is 36.4 Å². The predicted octanol–water partition coefficient (Wildman–Crippen LogP) is 1.96. The Hall–Kier alpha value is -1.55. The number of benzene rings is 2. The van der Waals surface area contributed by atoms with Gasteiger partial charge in [-0.2, -0.15) is 35.1 Å². The fourth-order valence-corrected chi connectivity index (χ4v) is 5.56. The molecule has 0 aromatic heterocycles. The first-order chi connectivity index (χ1) is 14.4. The molecule has 0 amide bonds. The molecule has 3 rings (SSSR count). The molecule has 0 heterocycles. The third-order valence-electron chi connectivity index (χ3n) is 4.25. The van der Waals surface area contributed by atoms with Gasteiger partial charge in [0.05, 0.1) is 6.42 Å². The standard InChI is InChI=1S/C12H10I.C6H3F9O3S/c1-3-7-11(8-4-1)13-12-9-5-2-6-10-12;7-2(8)1-3(9,19(16,17)18)5(12,13)6(14,15)4(2,10)11/h1-10H;1H2,(H,16,17,18)/q+1;/p-1. The normalized spacial score (nSPS) is 25.3. The van der Waals surface area contributed by atoms with Gasteiger partial charge in [0.1, 0.15) is 10.1 Å². The zero-order valence-corrected chi connectivity index (χ0v) is 18.4. The van der Waals surface area contributed by atoms with Gasteiger partial charge in [-0.05, 0) is 24.3 Å². The van der Waals surface area contributed by atoms with E-state index in [1.807, 2.05) is 0 Å². The lowest BCUT2D eigenvalue weighted by atomic mass is 9.84. The molecule has 2 aromatic rings. The van der Waals surface area contributed by atoms with Crippen LogP contribution in [0, 0.1) is 7.14 Å². The van der Waals surface area contributed by atoms with Crippen LogP contribution in [0.3, 0.4) is 0 Å². The molecule has 1 unspecified atom stereocenters. The van der Waals surface area contributed by atoms with Crippen molar-refractivity contribution in [2.24, 2.45) is 0 Å². The van der Waals surface area contributed by atoms with E-state index in [0.29, 0.717) is 0 Å². The van der Waals surface area contributed by atoms with Crippen LogP contribution in [0.25, 0.3) is 0 Å². The second-order valence-electron chi connectivity index (χ2n) is 6.47. The van der Waals surface area contributed by atoms with Crippen molar-refractivity contribution in [2.45, 2.75) is 35.1 Å². The molecule has 0 spiro atoms. The summed E-state index contributed by atoms with van der Waals surface area (Å²) in [7, 11) is -7.09. The minimum Gasteiger partial charge on any atom is -0.745 e. The van der Waals surface area contributed by atoms with Crippen LogP contribution in [0.5, 0.6) is 0 Å². The Morgan fingerprint density at radius 2 is 1.03 bits per heavy atom. The topological polar surface area (TPSA) is 57.2 Å². The lowest BCUT2D eigenvalue weighted by Crippen LogP contribution is -3.61. The second kappa shape index (κ2) is 8.66. The Kier molecular flexibility index (Phi) is 7.23. The third-order valence-corrected chi connectivity index (χ3v) is 8.12. The first-order valence-electron chi connectivity index (χ1n) is 8.31. The molecular weight excluding hydrogens is 594 g/mol. The maximum Gasteiger partial charge on any atom is 0.382 e. The highest BCUT2D eigenvalue weighted by Crippen LogP contribution is 2.65. The minimum atomic E-state index is -7.09. The summed E-state index contributed by atoms with van der Waals surface area (Å²) in [4.78, 5) is 0. The van der Waals surface area contributed by atoms with Gasteiger partial charge in [0.2, 0.25) is 0 Å². The smallest absolute Gasteiger partial charge is 0.382 e. The van der Waals surface area contributed by atoms with Crippen LogP contribution in [0.15, 0.2) is 60.7 Å². The quantitative estimate of drug-likeness (QED) is 0.305. The van der Waals surface area contributed by atoms with Crippen LogP contribution >= 0.6 is 0 Å². The molecule has 0 saturated heterocycles. The molecule has 0 N–H and O–H groups in total. The SMILES string of the molecule is O=S(=O)([O-])C1(F)CC(F)(F)C(F)(F)C(F)(F)C1(F)F.c1ccc([I+]c2ccccc2)cc1. The number of halogens is 10. The van der Waals surface area contributed by atoms with Gasteiger partial charge >= 0.3 is 44.9 Å². The monoisotopic (exact) mass is 606 g/mol. The van der Waals surface area contributed by atoms with Crippen LogP contribution in [0.1, 0.15) is 6.42 Å². The molecule has 1 aliphatic rings. The first kappa shape index (κ1) is 26.7. The highest BCUT2D eigenvalue weighted by Gasteiger charge is 2.92. The van der Waals surface area contributed by atoms with Crippen LogP contribution in [-0.2, 0) is 10.1 Å². The molecule has 0 aliphatic heterocycles. The van der Waals surface area contributed by atoms with Crippen molar-refractivity contribution < 1.29 is 73.7 Å². The largest absolute Gasteiger partial charge is 0.745 e. The van der Waals surface area contributed by atoms with Crippen LogP contribution in [-0.4, -0.2) is 41.7 Å². The molecule has 0 radical (unpaired) electrons. The summed E-state index contributed by atoms with van der Waals surface area (Å²) in [6.45, 7) is 0. The third kappa shape index (κ3) is 4.44. The van der Waals surface area contributed by atoms with Gasteiger partial charge in [-0.3, -0.25) is 0 Å². The molecule has 1 aliphatic carbocycles. The highest BCUT2D eigenvalue weighted by molar-refractivity contribution is 7.87. The molecule has 1 fully saturated rings. The summed E-state index contributed by atoms with van der Waals surface area (Å²) in [5, 5.41) is -6.06. The zero-order valence-electron chi connectivity index (χ0n) is 15.4. The van der Waals surface area contributed by atoms with Crippen LogP contribution < -0.4 is 21.2 Å². The molecule has 0 bridgehead atoms. The summed E-state index contributed by atoms with van der Waals surface area (Å²) in [6.07, 6.45) is -3.58. The molecule has 32 heavy (non-hydrogen) atoms. The van der Waals surface area contributed by atoms with Gasteiger partial charge < -0.3 is 4.55 Å². The van der Waals surface area contributed by atoms with Crippen molar-refractivity contribution in [3.05, 3.63) is 67.8 Å². The van der Waals surface area contributed by atoms with Crippen molar-refractivity contribution >= 4 is 10.1 Å². The van der Waals surface area contributed by atoms with E-state index in [1.54, 1.807) is 0 Å². The van der Waals surface area contributed by atoms with Crippen molar-refractivity contribution in [1.82, 2.24) is 0 Å². The van der Waals surface area contributed by atoms with Crippen molar-refractivity contribution in [2.75, 3.05) is 0 Å². The molecule has 1 atom stereocenters. The van der Waals surface area contributed by atoms with Crippen molar-refractivity contribution in [1.29, 1.82) is 0 Å². The average Bonchev–Trinajstić information content (AvgIpc) is 2.67. The first-order valence-corrected chi connectivity index (χ1v) is 11.9. The fraction of sp³-hybridized carbons (Fsp3) is 0.333. The van der Waals surface area contributed by atoms with E-state index in [-0.39, 0.29) is 21.2 Å². The van der Waals surface area contributed by atoms with Gasteiger partial charge in [0, 0.05) is 0 Å². The Morgan fingerprint density at radius 1 is 0.656 bits per heavy atom. The second-order valence-corrected chi connectivity index (χ2v) is 11.1. The predicted molar refractivity (Wildman–Crippen MR) is 88.2 cm³/mol. The molecule has 3 nitrogen and oxygen atoms in total. The Bertz CT molecular complexity index is 997. The lowest BCUT2D eigenvalue weighted by Gasteiger charge is -2.48. The van der Waals surface area contributed by atoms with Gasteiger partial charge in [-0.25, -0.2) is 12.8 Å². The molecule has 14 heteroatoms. The van der Waals surface area contributed by atoms with Gasteiger partial charge in [0.15, 0.2) is 7.14 Å². The summed E-state index contributed by atoms with van der Waals surface area (Å²) >= 11 is 0.0287. The van der Waals surface area contributed by atoms with Gasteiger partial charge in [0.25, 0.3) is 5.00 Å². The number of rotatable bonds is 3. The average molecular weight is 606 g/mol. The van der Waals surface area contributed by atoms with E-state index in [1.165, 1.54) is 7.14 Å². The minimum absolute atomic E-state index is 0.0287. The number of hydrogen-bond donors (Lipinski definition) is 0. The van der Waals surface area contributed by atoms with E-state index in [2.05, 4.69) is 60.7 Å². The molecular formula is C18H12F9IO3S. The fourth-order valence-electron chi connectivity index (χ4n) is 2.50. The maximum absolute atomic E-state index is 13.2. The van der Waals surface area contributed by atoms with E-state index >= 15 is 0 Å². The summed E-state index contributed by atoms with van der Waals surface area (Å²) in [5.74, 6) is -26.8. The Labute approximate surface area is 186 Å². The Balaban J connectivity index is 0.000000242. The zero-order chi connectivity index (χ0) is 24.6. The van der Waals surface area contributed by atoms with E-state index in [9.17, 15) is 52.5 Å². The van der Waals surface area contributed by atoms with E-state index in [0.717, 1.165) is 0 Å². The number of alkyl halides is 9. The van der Waals surface area contributed by atoms with Crippen molar-refractivity contribution in [3.8, 4) is 0 Å². The maximum atomic E-state index is 13.2. The van der Waals surface area contributed by atoms with Crippen LogP contribution in [0.2, 0.25) is 0 Å². The lowest BCUT2D eigenvalue weighted by molar-refractivity contribution is -0.597. The van der Waals surface area contributed by atoms with Crippen LogP contribution in [0.4, 0.5) is 39.5 Å². The Morgan fingerprint density at radius 3 is 1.38 bits per heavy atom. The van der Waals surface area contributed by atoms with Crippen molar-refractivity contribution in [3.63, 3.8) is 0 Å². The summed E-state index contributed by atoms with van der Waals surface area (Å²) in [5.41, 5.74) is 0. The molecule has 1 saturated carbocycles.